The Hall–Kier alpha value is -1.51. The summed E-state index contributed by atoms with van der Waals surface area (Å²) < 4.78 is 5.21. The van der Waals surface area contributed by atoms with Gasteiger partial charge in [-0.05, 0) is 19.1 Å². The second-order valence-corrected chi connectivity index (χ2v) is 3.33. The zero-order valence-electron chi connectivity index (χ0n) is 7.41. The average molecular weight is 177 g/mol. The minimum atomic E-state index is -0.119. The Morgan fingerprint density at radius 1 is 1.69 bits per heavy atom. The molecule has 3 heteroatoms. The van der Waals surface area contributed by atoms with Crippen molar-refractivity contribution in [1.29, 1.82) is 0 Å². The molecule has 2 heterocycles. The minimum absolute atomic E-state index is 0.0139. The molecule has 2 rings (SSSR count). The number of hydrogen-bond acceptors (Lipinski definition) is 2. The van der Waals surface area contributed by atoms with Crippen LogP contribution >= 0.6 is 0 Å². The topological polar surface area (TPSA) is 42.2 Å². The molecule has 1 aliphatic rings. The number of nitrogens with one attached hydrogen (secondary N) is 1. The third kappa shape index (κ3) is 1.16. The molecule has 0 aromatic carbocycles. The molecule has 1 aliphatic heterocycles. The highest BCUT2D eigenvalue weighted by molar-refractivity contribution is 5.88. The zero-order valence-corrected chi connectivity index (χ0v) is 7.41. The van der Waals surface area contributed by atoms with E-state index in [4.69, 9.17) is 4.42 Å². The minimum Gasteiger partial charge on any atom is -0.467 e. The monoisotopic (exact) mass is 177 g/mol. The van der Waals surface area contributed by atoms with Gasteiger partial charge in [0.05, 0.1) is 12.2 Å². The fraction of sp³-hybridized carbons (Fsp3) is 0.300. The van der Waals surface area contributed by atoms with Crippen molar-refractivity contribution in [3.63, 3.8) is 0 Å². The summed E-state index contributed by atoms with van der Waals surface area (Å²) in [6.45, 7) is 5.65. The summed E-state index contributed by atoms with van der Waals surface area (Å²) in [6.07, 6.45) is 1.61. The van der Waals surface area contributed by atoms with Gasteiger partial charge < -0.3 is 9.73 Å². The van der Waals surface area contributed by atoms with E-state index in [1.165, 1.54) is 0 Å². The molecule has 3 nitrogen and oxygen atoms in total. The number of hydrogen-bond donors (Lipinski definition) is 1. The molecule has 1 N–H and O–H groups in total. The van der Waals surface area contributed by atoms with Crippen LogP contribution in [0, 0.1) is 5.92 Å². The van der Waals surface area contributed by atoms with Crippen molar-refractivity contribution in [2.24, 2.45) is 5.92 Å². The summed E-state index contributed by atoms with van der Waals surface area (Å²) in [5.74, 6) is 0.715. The molecule has 0 spiro atoms. The Balaban J connectivity index is 2.20. The van der Waals surface area contributed by atoms with Crippen molar-refractivity contribution in [1.82, 2.24) is 5.32 Å². The molecule has 1 saturated heterocycles. The van der Waals surface area contributed by atoms with Crippen LogP contribution in [-0.2, 0) is 4.79 Å². The lowest BCUT2D eigenvalue weighted by Crippen LogP contribution is -2.51. The second kappa shape index (κ2) is 2.76. The maximum absolute atomic E-state index is 11.2. The molecule has 1 aromatic heterocycles. The van der Waals surface area contributed by atoms with Gasteiger partial charge in [0, 0.05) is 0 Å². The third-order valence-corrected chi connectivity index (χ3v) is 2.29. The summed E-state index contributed by atoms with van der Waals surface area (Å²) in [5.41, 5.74) is 0.880. The lowest BCUT2D eigenvalue weighted by atomic mass is 9.84. The van der Waals surface area contributed by atoms with E-state index in [1.807, 2.05) is 19.1 Å². The van der Waals surface area contributed by atoms with E-state index in [0.29, 0.717) is 0 Å². The molecular weight excluding hydrogens is 166 g/mol. The van der Waals surface area contributed by atoms with Crippen molar-refractivity contribution in [2.45, 2.75) is 13.0 Å². The number of carbonyl (C=O) groups excluding carboxylic acids is 1. The first-order chi connectivity index (χ1) is 6.20. The lowest BCUT2D eigenvalue weighted by Gasteiger charge is -2.35. The first-order valence-corrected chi connectivity index (χ1v) is 4.19. The van der Waals surface area contributed by atoms with Crippen LogP contribution in [0.5, 0.6) is 0 Å². The molecule has 13 heavy (non-hydrogen) atoms. The molecule has 1 amide bonds. The van der Waals surface area contributed by atoms with Crippen LogP contribution in [-0.4, -0.2) is 5.91 Å². The summed E-state index contributed by atoms with van der Waals surface area (Å²) in [4.78, 5) is 11.2. The summed E-state index contributed by atoms with van der Waals surface area (Å²) in [7, 11) is 0. The Labute approximate surface area is 76.4 Å². The van der Waals surface area contributed by atoms with Crippen molar-refractivity contribution >= 4 is 5.91 Å². The van der Waals surface area contributed by atoms with Gasteiger partial charge in [0.2, 0.25) is 5.91 Å². The molecule has 1 fully saturated rings. The largest absolute Gasteiger partial charge is 0.467 e. The van der Waals surface area contributed by atoms with E-state index in [1.54, 1.807) is 6.26 Å². The summed E-state index contributed by atoms with van der Waals surface area (Å²) >= 11 is 0. The first-order valence-electron chi connectivity index (χ1n) is 4.19. The molecule has 2 atom stereocenters. The van der Waals surface area contributed by atoms with Crippen molar-refractivity contribution in [3.05, 3.63) is 36.3 Å². The number of amides is 1. The number of carbonyl (C=O) groups is 1. The predicted octanol–water partition coefficient (Wildman–Crippen LogP) is 1.64. The van der Waals surface area contributed by atoms with E-state index in [0.717, 1.165) is 11.3 Å². The third-order valence-electron chi connectivity index (χ3n) is 2.29. The highest BCUT2D eigenvalue weighted by atomic mass is 16.3. The highest BCUT2D eigenvalue weighted by Crippen LogP contribution is 2.34. The second-order valence-electron chi connectivity index (χ2n) is 3.33. The Morgan fingerprint density at radius 3 is 2.92 bits per heavy atom. The quantitative estimate of drug-likeness (QED) is 0.551. The summed E-state index contributed by atoms with van der Waals surface area (Å²) in [6, 6.07) is 3.66. The molecule has 0 aliphatic carbocycles. The molecule has 0 saturated carbocycles. The van der Waals surface area contributed by atoms with Crippen LogP contribution in [0.2, 0.25) is 0 Å². The lowest BCUT2D eigenvalue weighted by molar-refractivity contribution is -0.133. The van der Waals surface area contributed by atoms with Crippen LogP contribution < -0.4 is 5.32 Å². The molecular formula is C10H11NO2. The summed E-state index contributed by atoms with van der Waals surface area (Å²) in [5, 5.41) is 2.78. The molecule has 0 bridgehead atoms. The Kier molecular flexibility index (Phi) is 1.72. The van der Waals surface area contributed by atoms with Gasteiger partial charge in [-0.25, -0.2) is 0 Å². The van der Waals surface area contributed by atoms with Crippen LogP contribution in [0.1, 0.15) is 18.7 Å². The molecule has 0 unspecified atom stereocenters. The zero-order chi connectivity index (χ0) is 9.42. The van der Waals surface area contributed by atoms with E-state index < -0.39 is 0 Å². The van der Waals surface area contributed by atoms with Crippen LogP contribution in [0.15, 0.2) is 35.0 Å². The van der Waals surface area contributed by atoms with Gasteiger partial charge in [-0.1, -0.05) is 12.2 Å². The number of furan rings is 1. The molecule has 1 aromatic rings. The van der Waals surface area contributed by atoms with Gasteiger partial charge in [0.15, 0.2) is 0 Å². The van der Waals surface area contributed by atoms with Gasteiger partial charge in [-0.3, -0.25) is 4.79 Å². The van der Waals surface area contributed by atoms with Crippen molar-refractivity contribution in [2.75, 3.05) is 0 Å². The van der Waals surface area contributed by atoms with Gasteiger partial charge in [0.25, 0.3) is 0 Å². The average Bonchev–Trinajstić information content (AvgIpc) is 2.50. The van der Waals surface area contributed by atoms with Gasteiger partial charge in [0.1, 0.15) is 11.8 Å². The smallest absolute Gasteiger partial charge is 0.230 e. The van der Waals surface area contributed by atoms with Gasteiger partial charge in [-0.15, -0.1) is 0 Å². The highest BCUT2D eigenvalue weighted by Gasteiger charge is 2.42. The standard InChI is InChI=1S/C10H11NO2/c1-6(2)8-9(11-10(8)12)7-4-3-5-13-7/h3-5,8-9H,1H2,2H3,(H,11,12)/t8-,9+/m0/s1. The van der Waals surface area contributed by atoms with Crippen LogP contribution in [0.4, 0.5) is 0 Å². The first kappa shape index (κ1) is 8.10. The van der Waals surface area contributed by atoms with E-state index in [9.17, 15) is 4.79 Å². The SMILES string of the molecule is C=C(C)[C@@H]1C(=O)N[C@@H]1c1ccco1. The fourth-order valence-corrected chi connectivity index (χ4v) is 1.59. The van der Waals surface area contributed by atoms with Crippen LogP contribution in [0.3, 0.4) is 0 Å². The predicted molar refractivity (Wildman–Crippen MR) is 47.9 cm³/mol. The van der Waals surface area contributed by atoms with Crippen molar-refractivity contribution < 1.29 is 9.21 Å². The number of rotatable bonds is 2. The Bertz CT molecular complexity index is 332. The van der Waals surface area contributed by atoms with E-state index in [2.05, 4.69) is 11.9 Å². The Morgan fingerprint density at radius 2 is 2.46 bits per heavy atom. The molecule has 0 radical (unpaired) electrons. The van der Waals surface area contributed by atoms with Crippen molar-refractivity contribution in [3.8, 4) is 0 Å². The fourth-order valence-electron chi connectivity index (χ4n) is 1.59. The van der Waals surface area contributed by atoms with E-state index >= 15 is 0 Å². The normalized spacial score (nSPS) is 26.4. The maximum Gasteiger partial charge on any atom is 0.230 e. The van der Waals surface area contributed by atoms with Crippen LogP contribution in [0.25, 0.3) is 0 Å². The van der Waals surface area contributed by atoms with E-state index in [-0.39, 0.29) is 17.9 Å². The maximum atomic E-state index is 11.2. The van der Waals surface area contributed by atoms with Gasteiger partial charge in [-0.2, -0.15) is 0 Å². The number of β-lactam (4-membered cyclic amide) rings is 1. The molecule has 68 valence electrons. The van der Waals surface area contributed by atoms with Gasteiger partial charge >= 0.3 is 0 Å².